The van der Waals surface area contributed by atoms with E-state index in [1.165, 1.54) is 27.8 Å². The third-order valence-electron chi connectivity index (χ3n) is 2.41. The Hall–Kier alpha value is -2.44. The van der Waals surface area contributed by atoms with Gasteiger partial charge < -0.3 is 9.67 Å². The van der Waals surface area contributed by atoms with Crippen molar-refractivity contribution in [2.24, 2.45) is 0 Å². The van der Waals surface area contributed by atoms with E-state index >= 15 is 0 Å². The summed E-state index contributed by atoms with van der Waals surface area (Å²) in [5.41, 5.74) is -0.276. The normalized spacial score (nSPS) is 10.5. The van der Waals surface area contributed by atoms with E-state index in [0.717, 1.165) is 6.42 Å². The average Bonchev–Trinajstić information content (AvgIpc) is 2.81. The van der Waals surface area contributed by atoms with E-state index in [1.54, 1.807) is 6.20 Å². The summed E-state index contributed by atoms with van der Waals surface area (Å²) < 4.78 is 2.70. The fourth-order valence-corrected chi connectivity index (χ4v) is 1.56. The molecule has 0 unspecified atom stereocenters. The highest BCUT2D eigenvalue weighted by Gasteiger charge is 2.11. The molecule has 1 N–H and O–H groups in total. The summed E-state index contributed by atoms with van der Waals surface area (Å²) in [6, 6.07) is 0. The molecule has 2 heterocycles. The monoisotopic (exact) mass is 248 g/mol. The van der Waals surface area contributed by atoms with Crippen LogP contribution in [0, 0.1) is 0 Å². The molecular formula is C11H12N4O3. The number of aryl methyl sites for hydroxylation is 1. The topological polar surface area (TPSA) is 90.0 Å². The number of hydrogen-bond donors (Lipinski definition) is 1. The van der Waals surface area contributed by atoms with E-state index in [1.807, 2.05) is 6.92 Å². The van der Waals surface area contributed by atoms with Crippen LogP contribution in [0.2, 0.25) is 0 Å². The Morgan fingerprint density at radius 3 is 2.89 bits per heavy atom. The highest BCUT2D eigenvalue weighted by Crippen LogP contribution is 2.01. The summed E-state index contributed by atoms with van der Waals surface area (Å²) in [4.78, 5) is 26.7. The van der Waals surface area contributed by atoms with Crippen molar-refractivity contribution in [3.05, 3.63) is 40.7 Å². The van der Waals surface area contributed by atoms with Crippen LogP contribution in [0.3, 0.4) is 0 Å². The molecule has 0 radical (unpaired) electrons. The minimum Gasteiger partial charge on any atom is -0.478 e. The molecule has 0 bridgehead atoms. The lowest BCUT2D eigenvalue weighted by Gasteiger charge is -2.05. The Morgan fingerprint density at radius 2 is 2.28 bits per heavy atom. The molecule has 0 fully saturated rings. The lowest BCUT2D eigenvalue weighted by atomic mass is 10.4. The van der Waals surface area contributed by atoms with Crippen molar-refractivity contribution in [3.8, 4) is 5.82 Å². The zero-order valence-corrected chi connectivity index (χ0v) is 9.78. The minimum absolute atomic E-state index is 0.0158. The maximum atomic E-state index is 12.0. The zero-order valence-electron chi connectivity index (χ0n) is 9.78. The molecule has 2 rings (SSSR count). The summed E-state index contributed by atoms with van der Waals surface area (Å²) in [5, 5.41) is 12.6. The predicted molar refractivity (Wildman–Crippen MR) is 62.9 cm³/mol. The maximum Gasteiger partial charge on any atom is 0.338 e. The summed E-state index contributed by atoms with van der Waals surface area (Å²) in [6.45, 7) is 2.55. The first-order chi connectivity index (χ1) is 8.63. The first-order valence-electron chi connectivity index (χ1n) is 5.47. The fraction of sp³-hybridized carbons (Fsp3) is 0.273. The summed E-state index contributed by atoms with van der Waals surface area (Å²) in [6.07, 6.45) is 6.36. The van der Waals surface area contributed by atoms with Crippen LogP contribution in [0.25, 0.3) is 5.82 Å². The molecule has 0 aliphatic carbocycles. The molecule has 0 spiro atoms. The molecular weight excluding hydrogens is 236 g/mol. The van der Waals surface area contributed by atoms with Crippen LogP contribution in [-0.4, -0.2) is 30.4 Å². The van der Waals surface area contributed by atoms with Crippen LogP contribution in [0.1, 0.15) is 23.7 Å². The molecule has 0 amide bonds. The van der Waals surface area contributed by atoms with Gasteiger partial charge in [-0.05, 0) is 6.42 Å². The molecule has 0 saturated carbocycles. The highest BCUT2D eigenvalue weighted by molar-refractivity contribution is 5.86. The van der Waals surface area contributed by atoms with Gasteiger partial charge in [-0.25, -0.2) is 14.5 Å². The average molecular weight is 248 g/mol. The number of carboxylic acids is 1. The summed E-state index contributed by atoms with van der Waals surface area (Å²) >= 11 is 0. The van der Waals surface area contributed by atoms with Crippen LogP contribution < -0.4 is 5.56 Å². The number of carboxylic acid groups (broad SMARTS) is 1. The van der Waals surface area contributed by atoms with Gasteiger partial charge in [0, 0.05) is 25.1 Å². The van der Waals surface area contributed by atoms with Crippen molar-refractivity contribution in [1.29, 1.82) is 0 Å². The van der Waals surface area contributed by atoms with Crippen molar-refractivity contribution >= 4 is 5.97 Å². The van der Waals surface area contributed by atoms with Gasteiger partial charge in [-0.2, -0.15) is 5.10 Å². The first-order valence-corrected chi connectivity index (χ1v) is 5.47. The van der Waals surface area contributed by atoms with Gasteiger partial charge in [0.2, 0.25) is 5.82 Å². The van der Waals surface area contributed by atoms with Crippen molar-refractivity contribution in [3.63, 3.8) is 0 Å². The molecule has 0 saturated heterocycles. The van der Waals surface area contributed by atoms with Gasteiger partial charge in [0.1, 0.15) is 0 Å². The Labute approximate surface area is 102 Å². The summed E-state index contributed by atoms with van der Waals surface area (Å²) in [5.74, 6) is -0.996. The number of rotatable bonds is 4. The largest absolute Gasteiger partial charge is 0.478 e. The standard InChI is InChI=1S/C11H12N4O3/c1-2-4-14-5-3-12-9(10(14)16)15-7-8(6-13-15)11(17)18/h3,5-7H,2,4H2,1H3,(H,17,18). The molecule has 7 nitrogen and oxygen atoms in total. The van der Waals surface area contributed by atoms with Gasteiger partial charge in [-0.1, -0.05) is 6.92 Å². The van der Waals surface area contributed by atoms with Crippen molar-refractivity contribution < 1.29 is 9.90 Å². The molecule has 18 heavy (non-hydrogen) atoms. The Bertz CT molecular complexity index is 629. The van der Waals surface area contributed by atoms with Crippen molar-refractivity contribution in [1.82, 2.24) is 19.3 Å². The van der Waals surface area contributed by atoms with E-state index < -0.39 is 5.97 Å². The molecule has 94 valence electrons. The number of carbonyl (C=O) groups is 1. The van der Waals surface area contributed by atoms with Gasteiger partial charge in [-0.3, -0.25) is 4.79 Å². The highest BCUT2D eigenvalue weighted by atomic mass is 16.4. The van der Waals surface area contributed by atoms with Crippen LogP contribution in [0.5, 0.6) is 0 Å². The van der Waals surface area contributed by atoms with Gasteiger partial charge >= 0.3 is 5.97 Å². The van der Waals surface area contributed by atoms with Gasteiger partial charge in [-0.15, -0.1) is 0 Å². The molecule has 0 atom stereocenters. The van der Waals surface area contributed by atoms with Crippen LogP contribution >= 0.6 is 0 Å². The number of aromatic nitrogens is 4. The minimum atomic E-state index is -1.09. The number of hydrogen-bond acceptors (Lipinski definition) is 4. The second kappa shape index (κ2) is 4.82. The van der Waals surface area contributed by atoms with E-state index in [-0.39, 0.29) is 16.9 Å². The molecule has 0 aliphatic rings. The van der Waals surface area contributed by atoms with Crippen molar-refractivity contribution in [2.75, 3.05) is 0 Å². The fourth-order valence-electron chi connectivity index (χ4n) is 1.56. The van der Waals surface area contributed by atoms with E-state index in [9.17, 15) is 9.59 Å². The van der Waals surface area contributed by atoms with E-state index in [2.05, 4.69) is 10.1 Å². The lowest BCUT2D eigenvalue weighted by Crippen LogP contribution is -2.25. The second-order valence-corrected chi connectivity index (χ2v) is 3.73. The van der Waals surface area contributed by atoms with Crippen LogP contribution in [0.15, 0.2) is 29.6 Å². The lowest BCUT2D eigenvalue weighted by molar-refractivity contribution is 0.0697. The Balaban J connectivity index is 2.47. The SMILES string of the molecule is CCCn1ccnc(-n2cc(C(=O)O)cn2)c1=O. The van der Waals surface area contributed by atoms with Crippen LogP contribution in [-0.2, 0) is 6.54 Å². The van der Waals surface area contributed by atoms with E-state index in [4.69, 9.17) is 5.11 Å². The van der Waals surface area contributed by atoms with Gasteiger partial charge in [0.05, 0.1) is 11.8 Å². The number of aromatic carboxylic acids is 1. The smallest absolute Gasteiger partial charge is 0.338 e. The predicted octanol–water partition coefficient (Wildman–Crippen LogP) is 0.537. The molecule has 2 aromatic rings. The molecule has 2 aromatic heterocycles. The maximum absolute atomic E-state index is 12.0. The first kappa shape index (κ1) is 12.0. The molecule has 7 heteroatoms. The third-order valence-corrected chi connectivity index (χ3v) is 2.41. The quantitative estimate of drug-likeness (QED) is 0.852. The Morgan fingerprint density at radius 1 is 1.50 bits per heavy atom. The van der Waals surface area contributed by atoms with Gasteiger partial charge in [0.15, 0.2) is 0 Å². The summed E-state index contributed by atoms with van der Waals surface area (Å²) in [7, 11) is 0. The third kappa shape index (κ3) is 2.15. The zero-order chi connectivity index (χ0) is 13.1. The van der Waals surface area contributed by atoms with Crippen LogP contribution in [0.4, 0.5) is 0 Å². The molecule has 0 aromatic carbocycles. The molecule has 0 aliphatic heterocycles. The second-order valence-electron chi connectivity index (χ2n) is 3.73. The number of nitrogens with zero attached hydrogens (tertiary/aromatic N) is 4. The van der Waals surface area contributed by atoms with Crippen molar-refractivity contribution in [2.45, 2.75) is 19.9 Å². The van der Waals surface area contributed by atoms with E-state index in [0.29, 0.717) is 6.54 Å². The van der Waals surface area contributed by atoms with Gasteiger partial charge in [0.25, 0.3) is 5.56 Å². The Kier molecular flexibility index (Phi) is 3.22.